The number of pyridine rings is 1. The van der Waals surface area contributed by atoms with E-state index in [1.807, 2.05) is 17.5 Å². The highest BCUT2D eigenvalue weighted by Gasteiger charge is 2.35. The molecule has 1 N–H and O–H groups in total. The van der Waals surface area contributed by atoms with E-state index in [2.05, 4.69) is 98.5 Å². The highest BCUT2D eigenvalue weighted by molar-refractivity contribution is 7.28. The first kappa shape index (κ1) is 19.6. The number of para-hydroxylation sites is 2. The van der Waals surface area contributed by atoms with Gasteiger partial charge in [0.1, 0.15) is 0 Å². The monoisotopic (exact) mass is 435 g/mol. The van der Waals surface area contributed by atoms with E-state index in [1.54, 1.807) is 0 Å². The topological polar surface area (TPSA) is 28.2 Å². The Morgan fingerprint density at radius 3 is 2.53 bits per heavy atom. The Bertz CT molecular complexity index is 1500. The fourth-order valence-corrected chi connectivity index (χ4v) is 6.36. The second kappa shape index (κ2) is 6.98. The molecule has 0 amide bonds. The zero-order valence-electron chi connectivity index (χ0n) is 18.9. The van der Waals surface area contributed by atoms with E-state index in [4.69, 9.17) is 4.98 Å². The largest absolute Gasteiger partial charge is 0.429 e. The third-order valence-electron chi connectivity index (χ3n) is 6.42. The first-order chi connectivity index (χ1) is 15.4. The smallest absolute Gasteiger partial charge is 0.403 e. The summed E-state index contributed by atoms with van der Waals surface area (Å²) in [5.74, 6) is 0. The minimum atomic E-state index is 0.0359. The molecular formula is C27H26BN3S. The van der Waals surface area contributed by atoms with Gasteiger partial charge in [-0.25, -0.2) is 0 Å². The van der Waals surface area contributed by atoms with Crippen molar-refractivity contribution < 1.29 is 0 Å². The lowest BCUT2D eigenvalue weighted by atomic mass is 9.71. The average molecular weight is 435 g/mol. The SMILES string of the molecule is CN1B(c2nccc3c2sc2c4ccc(CC(C)(C)C)cc4ccc32)Nc2ccccc21. The van der Waals surface area contributed by atoms with Crippen LogP contribution in [0.3, 0.4) is 0 Å². The minimum Gasteiger partial charge on any atom is -0.403 e. The molecule has 158 valence electrons. The van der Waals surface area contributed by atoms with Crippen LogP contribution in [0.4, 0.5) is 11.4 Å². The van der Waals surface area contributed by atoms with Crippen molar-refractivity contribution in [1.82, 2.24) is 4.98 Å². The molecule has 5 heteroatoms. The van der Waals surface area contributed by atoms with Crippen LogP contribution >= 0.6 is 11.3 Å². The van der Waals surface area contributed by atoms with Gasteiger partial charge in [-0.15, -0.1) is 11.3 Å². The van der Waals surface area contributed by atoms with Crippen LogP contribution in [0.1, 0.15) is 26.3 Å². The van der Waals surface area contributed by atoms with Gasteiger partial charge in [0.25, 0.3) is 0 Å². The van der Waals surface area contributed by atoms with E-state index in [-0.39, 0.29) is 12.4 Å². The van der Waals surface area contributed by atoms with E-state index in [0.717, 1.165) is 17.7 Å². The second-order valence-electron chi connectivity index (χ2n) is 10.1. The first-order valence-electron chi connectivity index (χ1n) is 11.2. The number of rotatable bonds is 2. The number of thiophene rings is 1. The van der Waals surface area contributed by atoms with Gasteiger partial charge in [-0.2, -0.15) is 0 Å². The molecule has 0 saturated carbocycles. The molecule has 0 spiro atoms. The van der Waals surface area contributed by atoms with Crippen LogP contribution in [0, 0.1) is 5.41 Å². The molecule has 0 atom stereocenters. The number of hydrogen-bond donors (Lipinski definition) is 1. The van der Waals surface area contributed by atoms with Gasteiger partial charge < -0.3 is 10.0 Å². The Morgan fingerprint density at radius 2 is 1.72 bits per heavy atom. The van der Waals surface area contributed by atoms with Crippen molar-refractivity contribution in [3.05, 3.63) is 72.4 Å². The molecule has 6 rings (SSSR count). The van der Waals surface area contributed by atoms with Gasteiger partial charge in [-0.3, -0.25) is 4.98 Å². The number of aromatic nitrogens is 1. The molecule has 5 aromatic rings. The Morgan fingerprint density at radius 1 is 0.938 bits per heavy atom. The summed E-state index contributed by atoms with van der Waals surface area (Å²) in [6.07, 6.45) is 3.04. The van der Waals surface area contributed by atoms with E-state index in [1.165, 1.54) is 42.2 Å². The van der Waals surface area contributed by atoms with Crippen LogP contribution in [0.15, 0.2) is 66.9 Å². The lowest BCUT2D eigenvalue weighted by Crippen LogP contribution is -2.50. The molecule has 0 bridgehead atoms. The van der Waals surface area contributed by atoms with Crippen molar-refractivity contribution in [2.24, 2.45) is 5.41 Å². The van der Waals surface area contributed by atoms with Crippen molar-refractivity contribution >= 4 is 66.2 Å². The molecule has 0 radical (unpaired) electrons. The molecule has 0 fully saturated rings. The van der Waals surface area contributed by atoms with Crippen LogP contribution in [-0.2, 0) is 6.42 Å². The normalized spacial score (nSPS) is 13.9. The minimum absolute atomic E-state index is 0.0359. The van der Waals surface area contributed by atoms with E-state index in [9.17, 15) is 0 Å². The molecule has 32 heavy (non-hydrogen) atoms. The average Bonchev–Trinajstić information content (AvgIpc) is 3.30. The second-order valence-corrected chi connectivity index (χ2v) is 11.1. The van der Waals surface area contributed by atoms with Gasteiger partial charge in [0, 0.05) is 33.0 Å². The highest BCUT2D eigenvalue weighted by atomic mass is 32.1. The molecule has 2 aromatic heterocycles. The molecule has 0 saturated heterocycles. The summed E-state index contributed by atoms with van der Waals surface area (Å²) in [6.45, 7) is 6.93. The van der Waals surface area contributed by atoms with Gasteiger partial charge in [0.05, 0.1) is 10.3 Å². The van der Waals surface area contributed by atoms with Crippen molar-refractivity contribution in [3.8, 4) is 0 Å². The van der Waals surface area contributed by atoms with E-state index < -0.39 is 0 Å². The quantitative estimate of drug-likeness (QED) is 0.323. The summed E-state index contributed by atoms with van der Waals surface area (Å²) in [5, 5.41) is 8.95. The Labute approximate surface area is 193 Å². The Kier molecular flexibility index (Phi) is 4.28. The van der Waals surface area contributed by atoms with Gasteiger partial charge in [0.15, 0.2) is 0 Å². The summed E-state index contributed by atoms with van der Waals surface area (Å²) in [5.41, 5.74) is 5.17. The fraction of sp³-hybridized carbons (Fsp3) is 0.222. The Hall–Kier alpha value is -3.05. The first-order valence-corrected chi connectivity index (χ1v) is 12.0. The van der Waals surface area contributed by atoms with Crippen LogP contribution in [0.2, 0.25) is 0 Å². The number of anilines is 2. The lowest BCUT2D eigenvalue weighted by molar-refractivity contribution is 0.411. The number of nitrogens with zero attached hydrogens (tertiary/aromatic N) is 2. The standard InChI is InChI=1S/C27H26BN3S/c1-27(2,3)16-17-9-11-19-18(15-17)10-12-20-21-13-14-29-26(25(21)32-24(19)20)28-30-22-7-5-6-8-23(22)31(28)4/h5-15,30H,16H2,1-4H3. The summed E-state index contributed by atoms with van der Waals surface area (Å²) in [6, 6.07) is 22.2. The molecule has 3 aromatic carbocycles. The zero-order valence-corrected chi connectivity index (χ0v) is 19.8. The van der Waals surface area contributed by atoms with Gasteiger partial charge in [-0.05, 0) is 53.4 Å². The van der Waals surface area contributed by atoms with E-state index in [0.29, 0.717) is 0 Å². The maximum atomic E-state index is 4.86. The fourth-order valence-electron chi connectivity index (χ4n) is 5.01. The van der Waals surface area contributed by atoms with Crippen molar-refractivity contribution in [1.29, 1.82) is 0 Å². The number of benzene rings is 3. The molecule has 0 aliphatic carbocycles. The highest BCUT2D eigenvalue weighted by Crippen LogP contribution is 2.39. The van der Waals surface area contributed by atoms with Crippen LogP contribution < -0.4 is 15.6 Å². The predicted octanol–water partition coefficient (Wildman–Crippen LogP) is 6.45. The lowest BCUT2D eigenvalue weighted by Gasteiger charge is -2.18. The molecule has 3 nitrogen and oxygen atoms in total. The predicted molar refractivity (Wildman–Crippen MR) is 142 cm³/mol. The van der Waals surface area contributed by atoms with Gasteiger partial charge >= 0.3 is 6.98 Å². The van der Waals surface area contributed by atoms with Gasteiger partial charge in [-0.1, -0.05) is 63.2 Å². The molecule has 1 aliphatic rings. The maximum absolute atomic E-state index is 4.86. The summed E-state index contributed by atoms with van der Waals surface area (Å²) < 4.78 is 2.62. The van der Waals surface area contributed by atoms with Crippen molar-refractivity contribution in [3.63, 3.8) is 0 Å². The molecule has 1 aliphatic heterocycles. The van der Waals surface area contributed by atoms with Crippen LogP contribution in [0.5, 0.6) is 0 Å². The zero-order chi connectivity index (χ0) is 22.0. The Balaban J connectivity index is 1.51. The summed E-state index contributed by atoms with van der Waals surface area (Å²) in [4.78, 5) is 7.15. The number of nitrogens with one attached hydrogen (secondary N) is 1. The molecule has 3 heterocycles. The maximum Gasteiger partial charge on any atom is 0.429 e. The van der Waals surface area contributed by atoms with Crippen LogP contribution in [0.25, 0.3) is 30.9 Å². The third-order valence-corrected chi connectivity index (χ3v) is 7.70. The summed E-state index contributed by atoms with van der Waals surface area (Å²) >= 11 is 1.88. The van der Waals surface area contributed by atoms with E-state index >= 15 is 0 Å². The van der Waals surface area contributed by atoms with Crippen LogP contribution in [-0.4, -0.2) is 19.0 Å². The molecule has 0 unspecified atom stereocenters. The van der Waals surface area contributed by atoms with Crippen molar-refractivity contribution in [2.45, 2.75) is 27.2 Å². The summed E-state index contributed by atoms with van der Waals surface area (Å²) in [7, 11) is 2.14. The number of hydrogen-bond acceptors (Lipinski definition) is 4. The van der Waals surface area contributed by atoms with Gasteiger partial charge in [0.2, 0.25) is 0 Å². The number of fused-ring (bicyclic) bond motifs is 6. The van der Waals surface area contributed by atoms with Crippen molar-refractivity contribution in [2.75, 3.05) is 17.1 Å². The third kappa shape index (κ3) is 3.07. The molecular weight excluding hydrogens is 409 g/mol.